The van der Waals surface area contributed by atoms with Gasteiger partial charge < -0.3 is 19.5 Å². The van der Waals surface area contributed by atoms with Crippen molar-refractivity contribution < 1.29 is 19.4 Å². The van der Waals surface area contributed by atoms with Gasteiger partial charge in [0.1, 0.15) is 0 Å². The number of rotatable bonds is 5. The number of hydrogen-bond acceptors (Lipinski definition) is 5. The molecule has 5 nitrogen and oxygen atoms in total. The number of likely N-dealkylation sites (tertiary alicyclic amines) is 1. The van der Waals surface area contributed by atoms with Gasteiger partial charge in [0, 0.05) is 18.5 Å². The predicted molar refractivity (Wildman–Crippen MR) is 93.7 cm³/mol. The molecule has 0 aromatic carbocycles. The Morgan fingerprint density at radius 2 is 2.25 bits per heavy atom. The van der Waals surface area contributed by atoms with Crippen molar-refractivity contribution in [1.29, 1.82) is 0 Å². The highest BCUT2D eigenvalue weighted by atomic mass is 32.1. The average molecular weight is 353 g/mol. The summed E-state index contributed by atoms with van der Waals surface area (Å²) >= 11 is 1.57. The number of thiophene rings is 1. The van der Waals surface area contributed by atoms with Gasteiger partial charge in [-0.3, -0.25) is 4.79 Å². The van der Waals surface area contributed by atoms with Crippen LogP contribution in [0, 0.1) is 13.8 Å². The van der Waals surface area contributed by atoms with Crippen LogP contribution in [0.15, 0.2) is 6.07 Å². The number of hydrogen-bond donors (Lipinski definition) is 1. The fourth-order valence-corrected chi connectivity index (χ4v) is 5.09. The SMILES string of the molecule is CO[C@@]12CC[C@H](OCCO)C[C@@H]1N(C(=O)c1cc(C)c(C)s1)CC2. The molecule has 0 spiro atoms. The fourth-order valence-electron chi connectivity index (χ4n) is 4.10. The smallest absolute Gasteiger partial charge is 0.264 e. The number of carbonyl (C=O) groups is 1. The highest BCUT2D eigenvalue weighted by Crippen LogP contribution is 2.44. The van der Waals surface area contributed by atoms with Crippen LogP contribution in [0.5, 0.6) is 0 Å². The maximum Gasteiger partial charge on any atom is 0.264 e. The Hall–Kier alpha value is -0.950. The van der Waals surface area contributed by atoms with E-state index in [2.05, 4.69) is 6.92 Å². The van der Waals surface area contributed by atoms with Crippen molar-refractivity contribution in [3.8, 4) is 0 Å². The lowest BCUT2D eigenvalue weighted by molar-refractivity contribution is -0.0991. The number of fused-ring (bicyclic) bond motifs is 1. The van der Waals surface area contributed by atoms with Gasteiger partial charge in [0.25, 0.3) is 5.91 Å². The molecule has 1 saturated heterocycles. The van der Waals surface area contributed by atoms with Gasteiger partial charge in [0.15, 0.2) is 0 Å². The second-order valence-electron chi connectivity index (χ2n) is 6.87. The van der Waals surface area contributed by atoms with Crippen molar-refractivity contribution in [1.82, 2.24) is 4.90 Å². The van der Waals surface area contributed by atoms with Crippen LogP contribution in [0.25, 0.3) is 0 Å². The van der Waals surface area contributed by atoms with Crippen LogP contribution < -0.4 is 0 Å². The molecule has 134 valence electrons. The van der Waals surface area contributed by atoms with Gasteiger partial charge in [-0.2, -0.15) is 0 Å². The zero-order chi connectivity index (χ0) is 17.3. The Kier molecular flexibility index (Phi) is 5.30. The molecule has 1 aromatic heterocycles. The number of aryl methyl sites for hydroxylation is 2. The van der Waals surface area contributed by atoms with Gasteiger partial charge >= 0.3 is 0 Å². The molecule has 1 amide bonds. The first-order chi connectivity index (χ1) is 11.5. The summed E-state index contributed by atoms with van der Waals surface area (Å²) in [5.41, 5.74) is 0.934. The number of aliphatic hydroxyl groups excluding tert-OH is 1. The third kappa shape index (κ3) is 3.12. The van der Waals surface area contributed by atoms with Gasteiger partial charge in [-0.15, -0.1) is 11.3 Å². The molecule has 1 aromatic rings. The molecule has 1 saturated carbocycles. The van der Waals surface area contributed by atoms with Crippen LogP contribution in [0.1, 0.15) is 45.8 Å². The van der Waals surface area contributed by atoms with Crippen molar-refractivity contribution in [3.63, 3.8) is 0 Å². The molecule has 3 atom stereocenters. The van der Waals surface area contributed by atoms with E-state index in [1.165, 1.54) is 10.4 Å². The standard InChI is InChI=1S/C18H27NO4S/c1-12-10-15(24-13(12)2)17(21)19-7-6-18(22-3)5-4-14(11-16(18)19)23-9-8-20/h10,14,16,20H,4-9,11H2,1-3H3/t14-,16-,18+/m0/s1. The van der Waals surface area contributed by atoms with Gasteiger partial charge in [-0.25, -0.2) is 0 Å². The molecule has 1 aliphatic heterocycles. The van der Waals surface area contributed by atoms with Crippen molar-refractivity contribution in [2.24, 2.45) is 0 Å². The van der Waals surface area contributed by atoms with Crippen molar-refractivity contribution >= 4 is 17.2 Å². The van der Waals surface area contributed by atoms with Gasteiger partial charge in [-0.1, -0.05) is 0 Å². The normalized spacial score (nSPS) is 29.8. The summed E-state index contributed by atoms with van der Waals surface area (Å²) in [7, 11) is 1.76. The van der Waals surface area contributed by atoms with Crippen LogP contribution >= 0.6 is 11.3 Å². The number of ether oxygens (including phenoxy) is 2. The van der Waals surface area contributed by atoms with E-state index in [4.69, 9.17) is 14.6 Å². The number of nitrogens with zero attached hydrogens (tertiary/aromatic N) is 1. The summed E-state index contributed by atoms with van der Waals surface area (Å²) in [4.78, 5) is 17.0. The molecule has 1 N–H and O–H groups in total. The molecule has 2 aliphatic rings. The third-order valence-electron chi connectivity index (χ3n) is 5.62. The van der Waals surface area contributed by atoms with E-state index in [1.54, 1.807) is 18.4 Å². The summed E-state index contributed by atoms with van der Waals surface area (Å²) in [5, 5.41) is 8.99. The first-order valence-corrected chi connectivity index (χ1v) is 9.48. The highest BCUT2D eigenvalue weighted by molar-refractivity contribution is 7.14. The van der Waals surface area contributed by atoms with E-state index in [9.17, 15) is 4.79 Å². The van der Waals surface area contributed by atoms with Gasteiger partial charge in [0.05, 0.1) is 35.8 Å². The Morgan fingerprint density at radius 3 is 2.88 bits per heavy atom. The first-order valence-electron chi connectivity index (χ1n) is 8.66. The average Bonchev–Trinajstić information content (AvgIpc) is 3.13. The molecule has 0 unspecified atom stereocenters. The van der Waals surface area contributed by atoms with E-state index in [0.29, 0.717) is 6.61 Å². The molecule has 2 fully saturated rings. The van der Waals surface area contributed by atoms with E-state index in [0.717, 1.165) is 37.1 Å². The lowest BCUT2D eigenvalue weighted by Gasteiger charge is -2.43. The summed E-state index contributed by atoms with van der Waals surface area (Å²) in [5.74, 6) is 0.114. The predicted octanol–water partition coefficient (Wildman–Crippen LogP) is 2.53. The fraction of sp³-hybridized carbons (Fsp3) is 0.722. The van der Waals surface area contributed by atoms with E-state index in [1.807, 2.05) is 17.9 Å². The Balaban J connectivity index is 1.79. The first kappa shape index (κ1) is 17.9. The Morgan fingerprint density at radius 1 is 1.46 bits per heavy atom. The molecule has 2 heterocycles. The molecule has 24 heavy (non-hydrogen) atoms. The maximum absolute atomic E-state index is 13.0. The molecule has 0 bridgehead atoms. The van der Waals surface area contributed by atoms with E-state index >= 15 is 0 Å². The third-order valence-corrected chi connectivity index (χ3v) is 6.76. The minimum atomic E-state index is -0.240. The summed E-state index contributed by atoms with van der Waals surface area (Å²) in [6, 6.07) is 2.05. The summed E-state index contributed by atoms with van der Waals surface area (Å²) in [6.45, 7) is 5.23. The van der Waals surface area contributed by atoms with Crippen molar-refractivity contribution in [2.75, 3.05) is 26.9 Å². The zero-order valence-corrected chi connectivity index (χ0v) is 15.5. The second kappa shape index (κ2) is 7.12. The van der Waals surface area contributed by atoms with Crippen LogP contribution in [0.2, 0.25) is 0 Å². The number of methoxy groups -OCH3 is 1. The molecular weight excluding hydrogens is 326 g/mol. The quantitative estimate of drug-likeness (QED) is 0.884. The zero-order valence-electron chi connectivity index (χ0n) is 14.7. The van der Waals surface area contributed by atoms with Gasteiger partial charge in [-0.05, 0) is 51.2 Å². The minimum absolute atomic E-state index is 0.0347. The Bertz CT molecular complexity index is 582. The molecule has 0 radical (unpaired) electrons. The van der Waals surface area contributed by atoms with Crippen molar-refractivity contribution in [3.05, 3.63) is 21.4 Å². The van der Waals surface area contributed by atoms with Crippen LogP contribution in [-0.2, 0) is 9.47 Å². The Labute approximate surface area is 147 Å². The van der Waals surface area contributed by atoms with E-state index in [-0.39, 0.29) is 30.3 Å². The largest absolute Gasteiger partial charge is 0.394 e. The monoisotopic (exact) mass is 353 g/mol. The van der Waals surface area contributed by atoms with E-state index < -0.39 is 0 Å². The van der Waals surface area contributed by atoms with Crippen LogP contribution in [0.4, 0.5) is 0 Å². The van der Waals surface area contributed by atoms with Crippen LogP contribution in [-0.4, -0.2) is 60.5 Å². The second-order valence-corrected chi connectivity index (χ2v) is 8.13. The maximum atomic E-state index is 13.0. The number of aliphatic hydroxyl groups is 1. The number of carbonyl (C=O) groups excluding carboxylic acids is 1. The molecular formula is C18H27NO4S. The lowest BCUT2D eigenvalue weighted by atomic mass is 9.79. The van der Waals surface area contributed by atoms with Crippen molar-refractivity contribution in [2.45, 2.75) is 57.3 Å². The summed E-state index contributed by atoms with van der Waals surface area (Å²) in [6.07, 6.45) is 3.57. The minimum Gasteiger partial charge on any atom is -0.394 e. The highest BCUT2D eigenvalue weighted by Gasteiger charge is 2.52. The lowest BCUT2D eigenvalue weighted by Crippen LogP contribution is -2.53. The number of amides is 1. The molecule has 6 heteroatoms. The van der Waals surface area contributed by atoms with Crippen LogP contribution in [0.3, 0.4) is 0 Å². The molecule has 3 rings (SSSR count). The topological polar surface area (TPSA) is 59.0 Å². The van der Waals surface area contributed by atoms with Gasteiger partial charge in [0.2, 0.25) is 0 Å². The molecule has 1 aliphatic carbocycles. The summed E-state index contributed by atoms with van der Waals surface area (Å²) < 4.78 is 11.7.